The van der Waals surface area contributed by atoms with Gasteiger partial charge >= 0.3 is 0 Å². The first-order chi connectivity index (χ1) is 10.2. The van der Waals surface area contributed by atoms with Gasteiger partial charge in [0.1, 0.15) is 0 Å². The first kappa shape index (κ1) is 14.9. The molecule has 3 rings (SSSR count). The van der Waals surface area contributed by atoms with E-state index in [0.717, 1.165) is 35.2 Å². The zero-order chi connectivity index (χ0) is 14.8. The second kappa shape index (κ2) is 6.41. The molecule has 1 saturated carbocycles. The Kier molecular flexibility index (Phi) is 4.55. The summed E-state index contributed by atoms with van der Waals surface area (Å²) in [6.07, 6.45) is 6.01. The third-order valence-corrected chi connectivity index (χ3v) is 5.35. The average Bonchev–Trinajstić information content (AvgIpc) is 3.24. The van der Waals surface area contributed by atoms with Gasteiger partial charge in [0.2, 0.25) is 0 Å². The molecule has 3 nitrogen and oxygen atoms in total. The smallest absolute Gasteiger partial charge is 0.251 e. The fourth-order valence-electron chi connectivity index (χ4n) is 3.11. The van der Waals surface area contributed by atoms with Crippen LogP contribution in [0.15, 0.2) is 23.1 Å². The highest BCUT2D eigenvalue weighted by Gasteiger charge is 2.34. The molecule has 0 aromatic heterocycles. The van der Waals surface area contributed by atoms with Crippen molar-refractivity contribution < 1.29 is 4.79 Å². The van der Waals surface area contributed by atoms with Gasteiger partial charge in [0.15, 0.2) is 0 Å². The Labute approximate surface area is 131 Å². The number of hydrogen-bond donors (Lipinski definition) is 1. The molecule has 0 bridgehead atoms. The molecule has 1 aromatic carbocycles. The molecule has 1 N–H and O–H groups in total. The van der Waals surface area contributed by atoms with Crippen molar-refractivity contribution in [3.8, 4) is 0 Å². The van der Waals surface area contributed by atoms with Crippen LogP contribution in [0.4, 0.5) is 0 Å². The quantitative estimate of drug-likeness (QED) is 0.849. The number of nitrogens with zero attached hydrogens (tertiary/aromatic N) is 1. The summed E-state index contributed by atoms with van der Waals surface area (Å²) >= 11 is 1.68. The Bertz CT molecular complexity index is 528. The highest BCUT2D eigenvalue weighted by atomic mass is 32.2. The Balaban J connectivity index is 1.54. The maximum Gasteiger partial charge on any atom is 0.251 e. The van der Waals surface area contributed by atoms with Gasteiger partial charge < -0.3 is 10.2 Å². The van der Waals surface area contributed by atoms with Gasteiger partial charge in [0.05, 0.1) is 0 Å². The summed E-state index contributed by atoms with van der Waals surface area (Å²) in [5.41, 5.74) is 1.87. The van der Waals surface area contributed by atoms with Crippen molar-refractivity contribution in [2.75, 3.05) is 25.9 Å². The number of benzene rings is 1. The normalized spacial score (nSPS) is 22.5. The molecule has 1 heterocycles. The summed E-state index contributed by atoms with van der Waals surface area (Å²) in [6.45, 7) is 5.19. The van der Waals surface area contributed by atoms with E-state index < -0.39 is 0 Å². The second-order valence-corrected chi connectivity index (χ2v) is 7.15. The van der Waals surface area contributed by atoms with E-state index in [2.05, 4.69) is 16.3 Å². The fraction of sp³-hybridized carbons (Fsp3) is 0.588. The molecule has 4 heteroatoms. The van der Waals surface area contributed by atoms with Crippen molar-refractivity contribution in [3.63, 3.8) is 0 Å². The number of thioether (sulfide) groups is 1. The van der Waals surface area contributed by atoms with E-state index in [9.17, 15) is 4.79 Å². The number of rotatable bonds is 5. The maximum atomic E-state index is 12.4. The first-order valence-electron chi connectivity index (χ1n) is 7.84. The van der Waals surface area contributed by atoms with Gasteiger partial charge in [0, 0.05) is 29.6 Å². The summed E-state index contributed by atoms with van der Waals surface area (Å²) in [5.74, 6) is 0.701. The third kappa shape index (κ3) is 3.61. The molecule has 1 aliphatic carbocycles. The van der Waals surface area contributed by atoms with E-state index >= 15 is 0 Å². The number of carbonyl (C=O) groups is 1. The molecule has 1 aromatic rings. The highest BCUT2D eigenvalue weighted by Crippen LogP contribution is 2.31. The van der Waals surface area contributed by atoms with Crippen LogP contribution in [0, 0.1) is 12.8 Å². The predicted molar refractivity (Wildman–Crippen MR) is 88.0 cm³/mol. The largest absolute Gasteiger partial charge is 0.352 e. The topological polar surface area (TPSA) is 32.3 Å². The van der Waals surface area contributed by atoms with E-state index in [1.807, 2.05) is 25.3 Å². The Morgan fingerprint density at radius 2 is 2.19 bits per heavy atom. The van der Waals surface area contributed by atoms with Crippen molar-refractivity contribution in [2.45, 2.75) is 37.1 Å². The van der Waals surface area contributed by atoms with Crippen LogP contribution in [0.5, 0.6) is 0 Å². The van der Waals surface area contributed by atoms with Crippen molar-refractivity contribution >= 4 is 17.7 Å². The molecular formula is C17H24N2OS. The molecule has 0 spiro atoms. The fourth-order valence-corrected chi connectivity index (χ4v) is 3.55. The number of carbonyl (C=O) groups excluding carboxylic acids is 1. The molecule has 1 aliphatic heterocycles. The summed E-state index contributed by atoms with van der Waals surface area (Å²) in [7, 11) is 0. The molecule has 21 heavy (non-hydrogen) atoms. The van der Waals surface area contributed by atoms with Gasteiger partial charge in [-0.05, 0) is 62.6 Å². The zero-order valence-electron chi connectivity index (χ0n) is 12.9. The minimum absolute atomic E-state index is 0.0771. The minimum atomic E-state index is 0.0771. The van der Waals surface area contributed by atoms with Gasteiger partial charge in [-0.2, -0.15) is 0 Å². The van der Waals surface area contributed by atoms with E-state index in [-0.39, 0.29) is 5.91 Å². The van der Waals surface area contributed by atoms with Crippen molar-refractivity contribution in [1.82, 2.24) is 10.2 Å². The Morgan fingerprint density at radius 1 is 1.38 bits per heavy atom. The molecular weight excluding hydrogens is 280 g/mol. The monoisotopic (exact) mass is 304 g/mol. The van der Waals surface area contributed by atoms with E-state index in [1.165, 1.54) is 25.8 Å². The lowest BCUT2D eigenvalue weighted by molar-refractivity contribution is 0.0946. The lowest BCUT2D eigenvalue weighted by Crippen LogP contribution is -2.31. The highest BCUT2D eigenvalue weighted by molar-refractivity contribution is 7.98. The predicted octanol–water partition coefficient (Wildman–Crippen LogP) is 2.93. The van der Waals surface area contributed by atoms with Crippen LogP contribution >= 0.6 is 11.8 Å². The van der Waals surface area contributed by atoms with Crippen LogP contribution in [0.1, 0.15) is 35.2 Å². The van der Waals surface area contributed by atoms with Gasteiger partial charge in [-0.3, -0.25) is 4.79 Å². The number of likely N-dealkylation sites (tertiary alicyclic amines) is 1. The molecule has 1 saturated heterocycles. The Morgan fingerprint density at radius 3 is 2.90 bits per heavy atom. The first-order valence-corrected chi connectivity index (χ1v) is 9.06. The van der Waals surface area contributed by atoms with Crippen LogP contribution in [0.2, 0.25) is 0 Å². The second-order valence-electron chi connectivity index (χ2n) is 6.27. The van der Waals surface area contributed by atoms with E-state index in [4.69, 9.17) is 0 Å². The number of nitrogens with one attached hydrogen (secondary N) is 1. The van der Waals surface area contributed by atoms with Crippen molar-refractivity contribution in [1.29, 1.82) is 0 Å². The van der Waals surface area contributed by atoms with Crippen LogP contribution in [0.25, 0.3) is 0 Å². The van der Waals surface area contributed by atoms with Crippen molar-refractivity contribution in [2.24, 2.45) is 5.92 Å². The number of hydrogen-bond acceptors (Lipinski definition) is 3. The number of amides is 1. The molecule has 114 valence electrons. The van der Waals surface area contributed by atoms with Crippen molar-refractivity contribution in [3.05, 3.63) is 29.3 Å². The number of aryl methyl sites for hydroxylation is 1. The maximum absolute atomic E-state index is 12.4. The minimum Gasteiger partial charge on any atom is -0.352 e. The lowest BCUT2D eigenvalue weighted by Gasteiger charge is -2.15. The Hall–Kier alpha value is -1.00. The molecule has 1 amide bonds. The summed E-state index contributed by atoms with van der Waals surface area (Å²) in [4.78, 5) is 16.1. The molecule has 1 unspecified atom stereocenters. The summed E-state index contributed by atoms with van der Waals surface area (Å²) in [6, 6.07) is 6.96. The molecule has 0 radical (unpaired) electrons. The average molecular weight is 304 g/mol. The molecule has 2 aliphatic rings. The van der Waals surface area contributed by atoms with Crippen LogP contribution in [0.3, 0.4) is 0 Å². The lowest BCUT2D eigenvalue weighted by atomic mass is 10.1. The van der Waals surface area contributed by atoms with Gasteiger partial charge in [-0.1, -0.05) is 6.07 Å². The van der Waals surface area contributed by atoms with Gasteiger partial charge in [0.25, 0.3) is 5.91 Å². The van der Waals surface area contributed by atoms with E-state index in [1.54, 1.807) is 11.8 Å². The van der Waals surface area contributed by atoms with E-state index in [0.29, 0.717) is 5.92 Å². The van der Waals surface area contributed by atoms with Gasteiger partial charge in [-0.25, -0.2) is 0 Å². The van der Waals surface area contributed by atoms with Crippen LogP contribution in [-0.2, 0) is 0 Å². The van der Waals surface area contributed by atoms with Crippen LogP contribution in [-0.4, -0.2) is 42.7 Å². The summed E-state index contributed by atoms with van der Waals surface area (Å²) in [5, 5.41) is 3.14. The SMILES string of the molecule is CSc1ccc(C)c(C(=O)NCC2CCN(C3CC3)C2)c1. The third-order valence-electron chi connectivity index (χ3n) is 4.62. The summed E-state index contributed by atoms with van der Waals surface area (Å²) < 4.78 is 0. The molecule has 2 fully saturated rings. The standard InChI is InChI=1S/C17H24N2OS/c1-12-3-6-15(21-2)9-16(12)17(20)18-10-13-7-8-19(11-13)14-4-5-14/h3,6,9,13-14H,4-5,7-8,10-11H2,1-2H3,(H,18,20). The molecule has 1 atom stereocenters. The zero-order valence-corrected chi connectivity index (χ0v) is 13.7. The van der Waals surface area contributed by atoms with Gasteiger partial charge in [-0.15, -0.1) is 11.8 Å². The van der Waals surface area contributed by atoms with Crippen LogP contribution < -0.4 is 5.32 Å².